The van der Waals surface area contributed by atoms with Gasteiger partial charge in [-0.05, 0) is 12.8 Å². The van der Waals surface area contributed by atoms with Gasteiger partial charge in [-0.2, -0.15) is 0 Å². The van der Waals surface area contributed by atoms with Crippen LogP contribution >= 0.6 is 0 Å². The van der Waals surface area contributed by atoms with Crippen LogP contribution in [0.3, 0.4) is 0 Å². The molecule has 0 atom stereocenters. The molecule has 0 saturated carbocycles. The molecular weight excluding hydrogens is 330 g/mol. The van der Waals surface area contributed by atoms with Gasteiger partial charge in [0.05, 0.1) is 0 Å². The second-order valence-electron chi connectivity index (χ2n) is 8.51. The predicted octanol–water partition coefficient (Wildman–Crippen LogP) is 8.29. The van der Waals surface area contributed by atoms with Gasteiger partial charge in [0.1, 0.15) is 0 Å². The highest BCUT2D eigenvalue weighted by Gasteiger charge is 2.01. The first-order valence-electron chi connectivity index (χ1n) is 12.5. The Kier molecular flexibility index (Phi) is 23.0. The highest BCUT2D eigenvalue weighted by Crippen LogP contribution is 2.12. The molecule has 0 spiro atoms. The van der Waals surface area contributed by atoms with E-state index in [0.29, 0.717) is 0 Å². The summed E-state index contributed by atoms with van der Waals surface area (Å²) in [6.45, 7) is 6.49. The molecule has 0 aromatic heterocycles. The lowest BCUT2D eigenvalue weighted by Crippen LogP contribution is -2.24. The van der Waals surface area contributed by atoms with Crippen LogP contribution in [-0.2, 0) is 4.79 Å². The minimum Gasteiger partial charge on any atom is -0.345 e. The largest absolute Gasteiger partial charge is 0.345 e. The lowest BCUT2D eigenvalue weighted by Gasteiger charge is -2.17. The smallest absolute Gasteiger partial charge is 0.209 e. The number of rotatable bonds is 23. The number of amides is 1. The van der Waals surface area contributed by atoms with Gasteiger partial charge in [-0.1, -0.05) is 129 Å². The molecule has 0 aromatic carbocycles. The molecule has 0 aliphatic rings. The molecule has 0 aromatic rings. The van der Waals surface area contributed by atoms with Crippen LogP contribution < -0.4 is 0 Å². The molecule has 2 nitrogen and oxygen atoms in total. The number of carbonyl (C=O) groups excluding carboxylic acids is 1. The zero-order valence-corrected chi connectivity index (χ0v) is 19.0. The zero-order chi connectivity index (χ0) is 19.8. The van der Waals surface area contributed by atoms with Gasteiger partial charge in [0.15, 0.2) is 0 Å². The van der Waals surface area contributed by atoms with E-state index in [-0.39, 0.29) is 0 Å². The van der Waals surface area contributed by atoms with Crippen molar-refractivity contribution in [2.45, 2.75) is 142 Å². The first-order chi connectivity index (χ1) is 13.3. The Morgan fingerprint density at radius 1 is 0.444 bits per heavy atom. The summed E-state index contributed by atoms with van der Waals surface area (Å²) >= 11 is 0. The Labute approximate surface area is 171 Å². The fourth-order valence-corrected chi connectivity index (χ4v) is 3.82. The Bertz CT molecular complexity index is 255. The van der Waals surface area contributed by atoms with Crippen molar-refractivity contribution in [3.8, 4) is 0 Å². The Hall–Kier alpha value is -0.530. The van der Waals surface area contributed by atoms with Gasteiger partial charge in [0.25, 0.3) is 0 Å². The van der Waals surface area contributed by atoms with Crippen molar-refractivity contribution in [3.05, 3.63) is 0 Å². The third-order valence-electron chi connectivity index (χ3n) is 5.75. The Morgan fingerprint density at radius 3 is 0.963 bits per heavy atom. The van der Waals surface area contributed by atoms with Crippen LogP contribution in [0.1, 0.15) is 142 Å². The average Bonchev–Trinajstić information content (AvgIpc) is 2.69. The Morgan fingerprint density at radius 2 is 0.704 bits per heavy atom. The summed E-state index contributed by atoms with van der Waals surface area (Å²) in [6.07, 6.45) is 28.3. The van der Waals surface area contributed by atoms with E-state index in [1.165, 1.54) is 128 Å². The third-order valence-corrected chi connectivity index (χ3v) is 5.75. The maximum absolute atomic E-state index is 11.2. The van der Waals surface area contributed by atoms with Gasteiger partial charge >= 0.3 is 0 Å². The van der Waals surface area contributed by atoms with Crippen LogP contribution in [0.5, 0.6) is 0 Å². The summed E-state index contributed by atoms with van der Waals surface area (Å²) in [4.78, 5) is 13.2. The molecule has 0 aliphatic heterocycles. The fourth-order valence-electron chi connectivity index (χ4n) is 3.82. The maximum atomic E-state index is 11.2. The summed E-state index contributed by atoms with van der Waals surface area (Å²) in [5, 5.41) is 0. The summed E-state index contributed by atoms with van der Waals surface area (Å²) in [5.41, 5.74) is 0. The predicted molar refractivity (Wildman–Crippen MR) is 121 cm³/mol. The van der Waals surface area contributed by atoms with Gasteiger partial charge in [0.2, 0.25) is 6.41 Å². The minimum atomic E-state index is 0.970. The fraction of sp³-hybridized carbons (Fsp3) is 0.960. The van der Waals surface area contributed by atoms with E-state index < -0.39 is 0 Å². The van der Waals surface area contributed by atoms with E-state index in [9.17, 15) is 4.79 Å². The second kappa shape index (κ2) is 23.5. The van der Waals surface area contributed by atoms with Gasteiger partial charge in [-0.25, -0.2) is 0 Å². The summed E-state index contributed by atoms with van der Waals surface area (Å²) in [6, 6.07) is 0. The lowest BCUT2D eigenvalue weighted by atomic mass is 10.1. The van der Waals surface area contributed by atoms with Crippen LogP contribution in [0.2, 0.25) is 0 Å². The molecule has 162 valence electrons. The highest BCUT2D eigenvalue weighted by atomic mass is 16.1. The Balaban J connectivity index is 3.29. The van der Waals surface area contributed by atoms with Gasteiger partial charge in [0, 0.05) is 13.1 Å². The highest BCUT2D eigenvalue weighted by molar-refractivity contribution is 5.46. The van der Waals surface area contributed by atoms with Crippen LogP contribution in [0.25, 0.3) is 0 Å². The van der Waals surface area contributed by atoms with Gasteiger partial charge < -0.3 is 4.90 Å². The van der Waals surface area contributed by atoms with Crippen LogP contribution in [0, 0.1) is 0 Å². The van der Waals surface area contributed by atoms with E-state index in [4.69, 9.17) is 0 Å². The number of nitrogens with zero attached hydrogens (tertiary/aromatic N) is 1. The molecule has 0 heterocycles. The second-order valence-corrected chi connectivity index (χ2v) is 8.51. The van der Waals surface area contributed by atoms with Crippen molar-refractivity contribution in [1.82, 2.24) is 4.90 Å². The molecule has 0 unspecified atom stereocenters. The maximum Gasteiger partial charge on any atom is 0.209 e. The van der Waals surface area contributed by atoms with Crippen LogP contribution in [0.15, 0.2) is 0 Å². The topological polar surface area (TPSA) is 20.3 Å². The van der Waals surface area contributed by atoms with Crippen LogP contribution in [0.4, 0.5) is 0 Å². The number of unbranched alkanes of at least 4 members (excludes halogenated alkanes) is 18. The van der Waals surface area contributed by atoms with Crippen molar-refractivity contribution < 1.29 is 4.79 Å². The molecule has 2 heteroatoms. The SMILES string of the molecule is CCCCCCCCCCCCN(C=O)CCCCCCCCCCCC. The van der Waals surface area contributed by atoms with Crippen molar-refractivity contribution in [1.29, 1.82) is 0 Å². The molecular formula is C25H51NO. The summed E-state index contributed by atoms with van der Waals surface area (Å²) in [5.74, 6) is 0. The molecule has 0 rings (SSSR count). The molecule has 0 bridgehead atoms. The van der Waals surface area contributed by atoms with E-state index in [1.807, 2.05) is 4.90 Å². The molecule has 1 amide bonds. The third kappa shape index (κ3) is 21.6. The van der Waals surface area contributed by atoms with E-state index in [2.05, 4.69) is 13.8 Å². The minimum absolute atomic E-state index is 0.970. The first kappa shape index (κ1) is 26.5. The normalized spacial score (nSPS) is 11.0. The lowest BCUT2D eigenvalue weighted by molar-refractivity contribution is -0.118. The van der Waals surface area contributed by atoms with Crippen molar-refractivity contribution in [2.75, 3.05) is 13.1 Å². The quantitative estimate of drug-likeness (QED) is 0.129. The zero-order valence-electron chi connectivity index (χ0n) is 19.0. The van der Waals surface area contributed by atoms with E-state index in [0.717, 1.165) is 19.5 Å². The monoisotopic (exact) mass is 381 g/mol. The van der Waals surface area contributed by atoms with Crippen molar-refractivity contribution in [2.24, 2.45) is 0 Å². The molecule has 27 heavy (non-hydrogen) atoms. The molecule has 0 aliphatic carbocycles. The van der Waals surface area contributed by atoms with Crippen molar-refractivity contribution >= 4 is 6.41 Å². The molecule has 0 saturated heterocycles. The number of carbonyl (C=O) groups is 1. The van der Waals surface area contributed by atoms with Crippen LogP contribution in [-0.4, -0.2) is 24.4 Å². The molecule has 0 fully saturated rings. The average molecular weight is 382 g/mol. The number of hydrogen-bond acceptors (Lipinski definition) is 1. The molecule has 0 radical (unpaired) electrons. The van der Waals surface area contributed by atoms with Gasteiger partial charge in [-0.15, -0.1) is 0 Å². The number of hydrogen-bond donors (Lipinski definition) is 0. The summed E-state index contributed by atoms with van der Waals surface area (Å²) < 4.78 is 0. The van der Waals surface area contributed by atoms with E-state index >= 15 is 0 Å². The summed E-state index contributed by atoms with van der Waals surface area (Å²) in [7, 11) is 0. The van der Waals surface area contributed by atoms with E-state index in [1.54, 1.807) is 0 Å². The first-order valence-corrected chi connectivity index (χ1v) is 12.5. The molecule has 0 N–H and O–H groups in total. The van der Waals surface area contributed by atoms with Crippen molar-refractivity contribution in [3.63, 3.8) is 0 Å². The standard InChI is InChI=1S/C25H51NO/c1-3-5-7-9-11-13-15-17-19-21-23-26(25-27)24-22-20-18-16-14-12-10-8-6-4-2/h25H,3-24H2,1-2H3. The van der Waals surface area contributed by atoms with Gasteiger partial charge in [-0.3, -0.25) is 4.79 Å².